The summed E-state index contributed by atoms with van der Waals surface area (Å²) in [4.78, 5) is 13.3. The minimum absolute atomic E-state index is 0.310. The highest BCUT2D eigenvalue weighted by Crippen LogP contribution is 2.34. The number of carbonyl (C=O) groups is 1. The first kappa shape index (κ1) is 11.7. The number of amides is 1. The molecule has 0 aliphatic carbocycles. The van der Waals surface area contributed by atoms with Gasteiger partial charge in [-0.25, -0.2) is 0 Å². The lowest BCUT2D eigenvalue weighted by atomic mass is 10.1. The Morgan fingerprint density at radius 2 is 2.12 bits per heavy atom. The van der Waals surface area contributed by atoms with Crippen molar-refractivity contribution in [1.29, 1.82) is 0 Å². The zero-order chi connectivity index (χ0) is 11.7. The van der Waals surface area contributed by atoms with E-state index in [2.05, 4.69) is 0 Å². The van der Waals surface area contributed by atoms with Gasteiger partial charge in [-0.3, -0.25) is 4.79 Å². The first-order valence-corrected chi connectivity index (χ1v) is 5.80. The van der Waals surface area contributed by atoms with Gasteiger partial charge in [0.25, 0.3) is 5.91 Å². The summed E-state index contributed by atoms with van der Waals surface area (Å²) in [7, 11) is 0. The molecule has 0 saturated carbocycles. The summed E-state index contributed by atoms with van der Waals surface area (Å²) in [6.07, 6.45) is 0.340. The van der Waals surface area contributed by atoms with Crippen LogP contribution in [-0.4, -0.2) is 23.7 Å². The van der Waals surface area contributed by atoms with E-state index in [0.717, 1.165) is 6.42 Å². The van der Waals surface area contributed by atoms with Gasteiger partial charge in [0.15, 0.2) is 0 Å². The number of hydrogen-bond acceptors (Lipinski definition) is 2. The van der Waals surface area contributed by atoms with E-state index in [9.17, 15) is 9.90 Å². The van der Waals surface area contributed by atoms with Gasteiger partial charge in [-0.15, -0.1) is 0 Å². The lowest BCUT2D eigenvalue weighted by Gasteiger charge is -2.30. The third kappa shape index (κ3) is 2.03. The van der Waals surface area contributed by atoms with Gasteiger partial charge >= 0.3 is 0 Å². The molecule has 1 atom stereocenters. The van der Waals surface area contributed by atoms with E-state index in [4.69, 9.17) is 23.2 Å². The summed E-state index contributed by atoms with van der Waals surface area (Å²) >= 11 is 11.9. The predicted molar refractivity (Wildman–Crippen MR) is 64.1 cm³/mol. The SMILES string of the molecule is O=C1C(O)CCCN1c1cccc(Cl)c1Cl. The summed E-state index contributed by atoms with van der Waals surface area (Å²) in [6, 6.07) is 5.13. The van der Waals surface area contributed by atoms with Crippen LogP contribution < -0.4 is 4.90 Å². The number of aliphatic hydroxyl groups excluding tert-OH is 1. The van der Waals surface area contributed by atoms with E-state index in [1.54, 1.807) is 18.2 Å². The minimum Gasteiger partial charge on any atom is -0.383 e. The van der Waals surface area contributed by atoms with Crippen LogP contribution in [0.15, 0.2) is 18.2 Å². The number of rotatable bonds is 1. The molecular formula is C11H11Cl2NO2. The van der Waals surface area contributed by atoms with Gasteiger partial charge in [0.1, 0.15) is 6.10 Å². The quantitative estimate of drug-likeness (QED) is 0.842. The molecule has 0 radical (unpaired) electrons. The molecule has 2 rings (SSSR count). The Balaban J connectivity index is 2.36. The molecule has 86 valence electrons. The highest BCUT2D eigenvalue weighted by Gasteiger charge is 2.29. The van der Waals surface area contributed by atoms with Crippen LogP contribution in [0.5, 0.6) is 0 Å². The van der Waals surface area contributed by atoms with Crippen molar-refractivity contribution < 1.29 is 9.90 Å². The van der Waals surface area contributed by atoms with Crippen LogP contribution in [0.25, 0.3) is 0 Å². The predicted octanol–water partition coefficient (Wildman–Crippen LogP) is 2.48. The Bertz CT molecular complexity index is 422. The molecule has 1 fully saturated rings. The number of nitrogens with zero attached hydrogens (tertiary/aromatic N) is 1. The lowest BCUT2D eigenvalue weighted by molar-refractivity contribution is -0.128. The summed E-state index contributed by atoms with van der Waals surface area (Å²) < 4.78 is 0. The van der Waals surface area contributed by atoms with E-state index in [1.807, 2.05) is 0 Å². The van der Waals surface area contributed by atoms with Crippen LogP contribution in [0.4, 0.5) is 5.69 Å². The van der Waals surface area contributed by atoms with Crippen LogP contribution in [0.2, 0.25) is 10.0 Å². The van der Waals surface area contributed by atoms with Crippen molar-refractivity contribution in [3.63, 3.8) is 0 Å². The smallest absolute Gasteiger partial charge is 0.255 e. The molecule has 1 saturated heterocycles. The number of hydrogen-bond donors (Lipinski definition) is 1. The highest BCUT2D eigenvalue weighted by atomic mass is 35.5. The normalized spacial score (nSPS) is 21.3. The molecule has 1 N–H and O–H groups in total. The van der Waals surface area contributed by atoms with Crippen LogP contribution in [0.3, 0.4) is 0 Å². The summed E-state index contributed by atoms with van der Waals surface area (Å²) in [5, 5.41) is 10.3. The molecule has 0 spiro atoms. The third-order valence-electron chi connectivity index (χ3n) is 2.63. The molecule has 1 aliphatic rings. The number of halogens is 2. The van der Waals surface area contributed by atoms with E-state index in [0.29, 0.717) is 28.7 Å². The van der Waals surface area contributed by atoms with Crippen molar-refractivity contribution in [3.8, 4) is 0 Å². The number of anilines is 1. The zero-order valence-electron chi connectivity index (χ0n) is 8.49. The minimum atomic E-state index is -0.927. The first-order chi connectivity index (χ1) is 7.61. The van der Waals surface area contributed by atoms with Crippen LogP contribution >= 0.6 is 23.2 Å². The molecule has 16 heavy (non-hydrogen) atoms. The summed E-state index contributed by atoms with van der Waals surface area (Å²) in [5.41, 5.74) is 0.568. The zero-order valence-corrected chi connectivity index (χ0v) is 10.0. The second kappa shape index (κ2) is 4.62. The topological polar surface area (TPSA) is 40.5 Å². The first-order valence-electron chi connectivity index (χ1n) is 5.04. The molecule has 1 amide bonds. The second-order valence-electron chi connectivity index (χ2n) is 3.72. The average molecular weight is 260 g/mol. The van der Waals surface area contributed by atoms with Gasteiger partial charge in [-0.1, -0.05) is 29.3 Å². The van der Waals surface area contributed by atoms with Gasteiger partial charge in [-0.2, -0.15) is 0 Å². The fourth-order valence-electron chi connectivity index (χ4n) is 1.80. The molecule has 1 unspecified atom stereocenters. The maximum absolute atomic E-state index is 11.8. The van der Waals surface area contributed by atoms with E-state index in [1.165, 1.54) is 4.90 Å². The molecule has 1 aromatic carbocycles. The van der Waals surface area contributed by atoms with Crippen molar-refractivity contribution in [2.75, 3.05) is 11.4 Å². The molecule has 0 bridgehead atoms. The van der Waals surface area contributed by atoms with Crippen LogP contribution in [0, 0.1) is 0 Å². The Labute approximate surface area is 104 Å². The van der Waals surface area contributed by atoms with Crippen molar-refractivity contribution >= 4 is 34.8 Å². The highest BCUT2D eigenvalue weighted by molar-refractivity contribution is 6.44. The number of benzene rings is 1. The van der Waals surface area contributed by atoms with E-state index < -0.39 is 6.10 Å². The van der Waals surface area contributed by atoms with E-state index >= 15 is 0 Å². The molecule has 1 aliphatic heterocycles. The van der Waals surface area contributed by atoms with Crippen molar-refractivity contribution in [2.24, 2.45) is 0 Å². The van der Waals surface area contributed by atoms with Crippen LogP contribution in [0.1, 0.15) is 12.8 Å². The molecule has 0 aromatic heterocycles. The molecular weight excluding hydrogens is 249 g/mol. The number of piperidine rings is 1. The monoisotopic (exact) mass is 259 g/mol. The summed E-state index contributed by atoms with van der Waals surface area (Å²) in [5.74, 6) is -0.310. The largest absolute Gasteiger partial charge is 0.383 e. The van der Waals surface area contributed by atoms with Gasteiger partial charge in [0.2, 0.25) is 0 Å². The maximum Gasteiger partial charge on any atom is 0.255 e. The number of aliphatic hydroxyl groups is 1. The fraction of sp³-hybridized carbons (Fsp3) is 0.364. The van der Waals surface area contributed by atoms with Gasteiger partial charge in [0, 0.05) is 6.54 Å². The van der Waals surface area contributed by atoms with Gasteiger partial charge in [0.05, 0.1) is 15.7 Å². The Kier molecular flexibility index (Phi) is 3.38. The van der Waals surface area contributed by atoms with Crippen molar-refractivity contribution in [1.82, 2.24) is 0 Å². The fourth-order valence-corrected chi connectivity index (χ4v) is 2.19. The standard InChI is InChI=1S/C11H11Cl2NO2/c12-7-3-1-4-8(10(7)13)14-6-2-5-9(15)11(14)16/h1,3-4,9,15H,2,5-6H2. The number of carbonyl (C=O) groups excluding carboxylic acids is 1. The molecule has 1 aromatic rings. The van der Waals surface area contributed by atoms with Gasteiger partial charge in [-0.05, 0) is 25.0 Å². The molecule has 1 heterocycles. The molecule has 3 nitrogen and oxygen atoms in total. The second-order valence-corrected chi connectivity index (χ2v) is 4.51. The third-order valence-corrected chi connectivity index (χ3v) is 3.44. The summed E-state index contributed by atoms with van der Waals surface area (Å²) in [6.45, 7) is 0.565. The van der Waals surface area contributed by atoms with Gasteiger partial charge < -0.3 is 10.0 Å². The van der Waals surface area contributed by atoms with Crippen molar-refractivity contribution in [2.45, 2.75) is 18.9 Å². The van der Waals surface area contributed by atoms with Crippen molar-refractivity contribution in [3.05, 3.63) is 28.2 Å². The van der Waals surface area contributed by atoms with E-state index in [-0.39, 0.29) is 5.91 Å². The molecule has 5 heteroatoms. The Morgan fingerprint density at radius 1 is 1.38 bits per heavy atom. The average Bonchev–Trinajstić information content (AvgIpc) is 2.27. The lowest BCUT2D eigenvalue weighted by Crippen LogP contribution is -2.44. The Hall–Kier alpha value is -0.770. The Morgan fingerprint density at radius 3 is 2.88 bits per heavy atom. The maximum atomic E-state index is 11.8. The van der Waals surface area contributed by atoms with Crippen LogP contribution in [-0.2, 0) is 4.79 Å².